The molecule has 9 heteroatoms. The first-order chi connectivity index (χ1) is 11.2. The zero-order valence-corrected chi connectivity index (χ0v) is 13.3. The third-order valence-electron chi connectivity index (χ3n) is 3.69. The number of Topliss-reactive ketones (excluding diaryl/α,β-unsaturated/α-hetero) is 1. The van der Waals surface area contributed by atoms with Gasteiger partial charge in [-0.3, -0.25) is 18.7 Å². The van der Waals surface area contributed by atoms with Crippen molar-refractivity contribution < 1.29 is 13.6 Å². The molecule has 24 heavy (non-hydrogen) atoms. The number of nitrogens with zero attached hydrogens (tertiary/aromatic N) is 3. The van der Waals surface area contributed by atoms with E-state index in [4.69, 9.17) is 5.73 Å². The summed E-state index contributed by atoms with van der Waals surface area (Å²) in [4.78, 5) is 37.3. The van der Waals surface area contributed by atoms with E-state index in [1.54, 1.807) is 0 Å². The largest absolute Gasteiger partial charge is 0.384 e. The van der Waals surface area contributed by atoms with Gasteiger partial charge < -0.3 is 10.6 Å². The summed E-state index contributed by atoms with van der Waals surface area (Å²) in [6.45, 7) is -0.491. The second kappa shape index (κ2) is 6.26. The molecule has 1 aromatic carbocycles. The molecule has 128 valence electrons. The molecule has 0 saturated heterocycles. The fourth-order valence-corrected chi connectivity index (χ4v) is 2.35. The van der Waals surface area contributed by atoms with Crippen LogP contribution < -0.4 is 21.9 Å². The molecule has 0 aliphatic heterocycles. The summed E-state index contributed by atoms with van der Waals surface area (Å²) in [6, 6.07) is 3.31. The molecule has 0 radical (unpaired) electrons. The first-order valence-electron chi connectivity index (χ1n) is 6.90. The van der Waals surface area contributed by atoms with Crippen molar-refractivity contribution in [3.63, 3.8) is 0 Å². The molecule has 1 aromatic heterocycles. The highest BCUT2D eigenvalue weighted by Gasteiger charge is 2.23. The molecule has 1 heterocycles. The summed E-state index contributed by atoms with van der Waals surface area (Å²) >= 11 is 0. The quantitative estimate of drug-likeness (QED) is 0.808. The number of nitrogens with two attached hydrogens (primary N) is 1. The van der Waals surface area contributed by atoms with E-state index in [2.05, 4.69) is 0 Å². The van der Waals surface area contributed by atoms with Crippen molar-refractivity contribution in [3.8, 4) is 0 Å². The molecule has 0 spiro atoms. The van der Waals surface area contributed by atoms with Crippen molar-refractivity contribution in [1.29, 1.82) is 0 Å². The van der Waals surface area contributed by atoms with Gasteiger partial charge in [-0.1, -0.05) is 6.07 Å². The number of aromatic nitrogens is 2. The molecule has 0 saturated carbocycles. The number of ketones is 1. The van der Waals surface area contributed by atoms with Gasteiger partial charge in [0.1, 0.15) is 28.7 Å². The van der Waals surface area contributed by atoms with Crippen LogP contribution in [0.5, 0.6) is 0 Å². The Hall–Kier alpha value is -2.97. The Labute approximate surface area is 135 Å². The van der Waals surface area contributed by atoms with Gasteiger partial charge in [-0.2, -0.15) is 0 Å². The predicted octanol–water partition coefficient (Wildman–Crippen LogP) is 0.263. The van der Waals surface area contributed by atoms with Crippen LogP contribution in [-0.4, -0.2) is 28.5 Å². The lowest BCUT2D eigenvalue weighted by molar-refractivity contribution is 0.0998. The van der Waals surface area contributed by atoms with Gasteiger partial charge >= 0.3 is 5.69 Å². The summed E-state index contributed by atoms with van der Waals surface area (Å²) in [5.41, 5.74) is 3.36. The third kappa shape index (κ3) is 2.80. The Bertz CT molecular complexity index is 913. The van der Waals surface area contributed by atoms with Crippen molar-refractivity contribution in [3.05, 3.63) is 56.2 Å². The van der Waals surface area contributed by atoms with Crippen LogP contribution in [0, 0.1) is 11.6 Å². The van der Waals surface area contributed by atoms with E-state index in [-0.39, 0.29) is 5.82 Å². The van der Waals surface area contributed by atoms with E-state index in [1.807, 2.05) is 0 Å². The summed E-state index contributed by atoms with van der Waals surface area (Å²) < 4.78 is 29.2. The number of anilines is 2. The van der Waals surface area contributed by atoms with Crippen LogP contribution in [0.15, 0.2) is 27.8 Å². The minimum atomic E-state index is -0.858. The molecule has 0 fully saturated rings. The van der Waals surface area contributed by atoms with Crippen LogP contribution in [-0.2, 0) is 14.1 Å². The van der Waals surface area contributed by atoms with Crippen LogP contribution in [0.1, 0.15) is 10.4 Å². The van der Waals surface area contributed by atoms with Crippen LogP contribution in [0.25, 0.3) is 0 Å². The molecule has 2 N–H and O–H groups in total. The lowest BCUT2D eigenvalue weighted by Crippen LogP contribution is -2.43. The molecule has 0 atom stereocenters. The van der Waals surface area contributed by atoms with E-state index in [0.717, 1.165) is 26.2 Å². The number of benzene rings is 1. The van der Waals surface area contributed by atoms with E-state index >= 15 is 0 Å². The zero-order valence-electron chi connectivity index (χ0n) is 13.3. The number of halogens is 2. The number of carbonyl (C=O) groups excluding carboxylic acids is 1. The second-order valence-electron chi connectivity index (χ2n) is 5.32. The highest BCUT2D eigenvalue weighted by Crippen LogP contribution is 2.22. The van der Waals surface area contributed by atoms with Crippen molar-refractivity contribution in [1.82, 2.24) is 9.13 Å². The van der Waals surface area contributed by atoms with E-state index in [1.165, 1.54) is 27.2 Å². The Kier molecular flexibility index (Phi) is 4.54. The van der Waals surface area contributed by atoms with Crippen LogP contribution in [0.4, 0.5) is 20.3 Å². The van der Waals surface area contributed by atoms with Gasteiger partial charge in [-0.15, -0.1) is 0 Å². The second-order valence-corrected chi connectivity index (χ2v) is 5.32. The average molecular weight is 338 g/mol. The van der Waals surface area contributed by atoms with Crippen LogP contribution in [0.3, 0.4) is 0 Å². The van der Waals surface area contributed by atoms with Crippen molar-refractivity contribution >= 4 is 17.3 Å². The monoisotopic (exact) mass is 338 g/mol. The Morgan fingerprint density at radius 2 is 1.71 bits per heavy atom. The van der Waals surface area contributed by atoms with Crippen molar-refractivity contribution in [2.24, 2.45) is 14.1 Å². The van der Waals surface area contributed by atoms with Gasteiger partial charge in [0.2, 0.25) is 0 Å². The summed E-state index contributed by atoms with van der Waals surface area (Å²) in [5, 5.41) is 0. The maximum Gasteiger partial charge on any atom is 0.332 e. The zero-order chi connectivity index (χ0) is 18.2. The average Bonchev–Trinajstić information content (AvgIpc) is 2.51. The molecular weight excluding hydrogens is 322 g/mol. The summed E-state index contributed by atoms with van der Waals surface area (Å²) in [6.07, 6.45) is 0. The summed E-state index contributed by atoms with van der Waals surface area (Å²) in [5.74, 6) is -2.73. The first-order valence-corrected chi connectivity index (χ1v) is 6.90. The first kappa shape index (κ1) is 17.4. The molecule has 0 unspecified atom stereocenters. The molecule has 0 aliphatic rings. The van der Waals surface area contributed by atoms with E-state index < -0.39 is 46.5 Å². The number of hydrogen-bond donors (Lipinski definition) is 1. The number of hydrogen-bond acceptors (Lipinski definition) is 5. The Balaban J connectivity index is 2.45. The Morgan fingerprint density at radius 1 is 1.17 bits per heavy atom. The maximum atomic E-state index is 13.8. The number of rotatable bonds is 4. The normalized spacial score (nSPS) is 10.7. The topological polar surface area (TPSA) is 90.3 Å². The van der Waals surface area contributed by atoms with E-state index in [9.17, 15) is 23.2 Å². The van der Waals surface area contributed by atoms with Crippen LogP contribution in [0.2, 0.25) is 0 Å². The van der Waals surface area contributed by atoms with E-state index in [0.29, 0.717) is 0 Å². The lowest BCUT2D eigenvalue weighted by atomic mass is 10.1. The van der Waals surface area contributed by atoms with Gasteiger partial charge in [0.15, 0.2) is 5.78 Å². The van der Waals surface area contributed by atoms with Crippen LogP contribution >= 0.6 is 0 Å². The number of likely N-dealkylation sites (N-methyl/N-ethyl adjacent to an activating group) is 1. The Morgan fingerprint density at radius 3 is 2.25 bits per heavy atom. The van der Waals surface area contributed by atoms with Gasteiger partial charge in [0.25, 0.3) is 5.56 Å². The number of nitrogen functional groups attached to an aromatic ring is 1. The molecule has 0 amide bonds. The predicted molar refractivity (Wildman–Crippen MR) is 85.3 cm³/mol. The smallest absolute Gasteiger partial charge is 0.332 e. The standard InChI is InChI=1S/C15H16F2N4O3/c1-19(12-8(16)5-4-6-9(12)17)7-10(22)11-13(18)20(2)15(24)21(3)14(11)23/h4-6H,7,18H2,1-3H3. The third-order valence-corrected chi connectivity index (χ3v) is 3.69. The SMILES string of the molecule is CN(CC(=O)c1c(N)n(C)c(=O)n(C)c1=O)c1c(F)cccc1F. The minimum absolute atomic E-state index is 0.296. The number of carbonyl (C=O) groups is 1. The van der Waals surface area contributed by atoms with Gasteiger partial charge in [0, 0.05) is 21.1 Å². The summed E-state index contributed by atoms with van der Waals surface area (Å²) in [7, 11) is 3.83. The number of para-hydroxylation sites is 1. The van der Waals surface area contributed by atoms with Crippen molar-refractivity contribution in [2.45, 2.75) is 0 Å². The molecule has 0 aliphatic carbocycles. The molecule has 2 rings (SSSR count). The maximum absolute atomic E-state index is 13.8. The molecule has 0 bridgehead atoms. The highest BCUT2D eigenvalue weighted by atomic mass is 19.1. The van der Waals surface area contributed by atoms with Gasteiger partial charge in [0.05, 0.1) is 6.54 Å². The highest BCUT2D eigenvalue weighted by molar-refractivity contribution is 6.02. The van der Waals surface area contributed by atoms with Gasteiger partial charge in [-0.25, -0.2) is 13.6 Å². The van der Waals surface area contributed by atoms with Gasteiger partial charge in [-0.05, 0) is 12.1 Å². The minimum Gasteiger partial charge on any atom is -0.384 e. The molecule has 2 aromatic rings. The fraction of sp³-hybridized carbons (Fsp3) is 0.267. The van der Waals surface area contributed by atoms with Crippen molar-refractivity contribution in [2.75, 3.05) is 24.2 Å². The molecule has 7 nitrogen and oxygen atoms in total. The fourth-order valence-electron chi connectivity index (χ4n) is 2.35. The molecular formula is C15H16F2N4O3. The lowest BCUT2D eigenvalue weighted by Gasteiger charge is -2.20.